The standard InChI is InChI=1S/C23H30N4O/c1-14(2)21-18-13-17(16-8-10-26(4)11-9-16)6-7-19(18)24-22(21)20-12-15(3)23(28)27(5)25-20/h6-7,12-14,16,24H,8-11H2,1-5H3. The highest BCUT2D eigenvalue weighted by Crippen LogP contribution is 2.37. The van der Waals surface area contributed by atoms with Crippen LogP contribution in [0.3, 0.4) is 0 Å². The molecule has 0 spiro atoms. The SMILES string of the molecule is Cc1cc(-c2[nH]c3ccc(C4CCN(C)CC4)cc3c2C(C)C)nn(C)c1=O. The third kappa shape index (κ3) is 3.28. The molecule has 0 bridgehead atoms. The summed E-state index contributed by atoms with van der Waals surface area (Å²) in [5.74, 6) is 0.993. The van der Waals surface area contributed by atoms with Crippen LogP contribution in [-0.2, 0) is 7.05 Å². The number of hydrogen-bond acceptors (Lipinski definition) is 3. The Bertz CT molecular complexity index is 1040. The number of nitrogens with zero attached hydrogens (tertiary/aromatic N) is 3. The quantitative estimate of drug-likeness (QED) is 0.744. The number of fused-ring (bicyclic) bond motifs is 1. The van der Waals surface area contributed by atoms with E-state index in [1.807, 2.05) is 13.0 Å². The molecule has 1 aromatic carbocycles. The van der Waals surface area contributed by atoms with E-state index in [-0.39, 0.29) is 5.56 Å². The highest BCUT2D eigenvalue weighted by Gasteiger charge is 2.22. The average molecular weight is 379 g/mol. The van der Waals surface area contributed by atoms with Gasteiger partial charge in [-0.05, 0) is 81.1 Å². The Balaban J connectivity index is 1.84. The first-order valence-electron chi connectivity index (χ1n) is 10.2. The fourth-order valence-corrected chi connectivity index (χ4v) is 4.51. The summed E-state index contributed by atoms with van der Waals surface area (Å²) >= 11 is 0. The zero-order chi connectivity index (χ0) is 20.0. The van der Waals surface area contributed by atoms with Crippen molar-refractivity contribution in [2.75, 3.05) is 20.1 Å². The number of likely N-dealkylation sites (tertiary alicyclic amines) is 1. The molecular weight excluding hydrogens is 348 g/mol. The van der Waals surface area contributed by atoms with Crippen LogP contribution in [0.1, 0.15) is 55.2 Å². The van der Waals surface area contributed by atoms with Crippen LogP contribution >= 0.6 is 0 Å². The third-order valence-corrected chi connectivity index (χ3v) is 6.13. The molecule has 1 fully saturated rings. The number of aromatic amines is 1. The van der Waals surface area contributed by atoms with Gasteiger partial charge >= 0.3 is 0 Å². The van der Waals surface area contributed by atoms with Gasteiger partial charge < -0.3 is 9.88 Å². The normalized spacial score (nSPS) is 16.4. The molecule has 148 valence electrons. The molecule has 5 heteroatoms. The molecule has 4 rings (SSSR count). The van der Waals surface area contributed by atoms with Crippen molar-refractivity contribution >= 4 is 10.9 Å². The summed E-state index contributed by atoms with van der Waals surface area (Å²) in [5, 5.41) is 5.82. The van der Waals surface area contributed by atoms with E-state index in [4.69, 9.17) is 0 Å². The lowest BCUT2D eigenvalue weighted by molar-refractivity contribution is 0.255. The zero-order valence-electron chi connectivity index (χ0n) is 17.5. The van der Waals surface area contributed by atoms with E-state index in [0.29, 0.717) is 17.4 Å². The molecule has 2 aromatic heterocycles. The van der Waals surface area contributed by atoms with Crippen LogP contribution < -0.4 is 5.56 Å². The van der Waals surface area contributed by atoms with E-state index in [1.165, 1.54) is 47.1 Å². The second-order valence-corrected chi connectivity index (χ2v) is 8.59. The van der Waals surface area contributed by atoms with Gasteiger partial charge in [0, 0.05) is 23.5 Å². The fourth-order valence-electron chi connectivity index (χ4n) is 4.51. The smallest absolute Gasteiger partial charge is 0.269 e. The summed E-state index contributed by atoms with van der Waals surface area (Å²) in [7, 11) is 3.92. The van der Waals surface area contributed by atoms with Crippen molar-refractivity contribution in [2.45, 2.75) is 45.4 Å². The predicted octanol–water partition coefficient (Wildman–Crippen LogP) is 4.17. The summed E-state index contributed by atoms with van der Waals surface area (Å²) in [6.07, 6.45) is 2.44. The van der Waals surface area contributed by atoms with Gasteiger partial charge in [-0.1, -0.05) is 19.9 Å². The van der Waals surface area contributed by atoms with Gasteiger partial charge in [0.15, 0.2) is 0 Å². The number of nitrogens with one attached hydrogen (secondary N) is 1. The minimum atomic E-state index is -0.0458. The average Bonchev–Trinajstić information content (AvgIpc) is 3.05. The molecular formula is C23H30N4O. The summed E-state index contributed by atoms with van der Waals surface area (Å²) in [6.45, 7) is 8.63. The second kappa shape index (κ2) is 7.21. The Morgan fingerprint density at radius 1 is 1.14 bits per heavy atom. The van der Waals surface area contributed by atoms with E-state index in [0.717, 1.165) is 16.9 Å². The maximum absolute atomic E-state index is 12.1. The first kappa shape index (κ1) is 18.9. The molecule has 0 atom stereocenters. The van der Waals surface area contributed by atoms with Crippen LogP contribution in [0.4, 0.5) is 0 Å². The van der Waals surface area contributed by atoms with Gasteiger partial charge in [0.05, 0.1) is 5.69 Å². The minimum Gasteiger partial charge on any atom is -0.353 e. The molecule has 0 saturated carbocycles. The topological polar surface area (TPSA) is 53.9 Å². The lowest BCUT2D eigenvalue weighted by Crippen LogP contribution is -2.29. The molecule has 1 saturated heterocycles. The van der Waals surface area contributed by atoms with Gasteiger partial charge in [0.25, 0.3) is 5.56 Å². The lowest BCUT2D eigenvalue weighted by atomic mass is 9.88. The largest absolute Gasteiger partial charge is 0.353 e. The Kier molecular flexibility index (Phi) is 4.88. The van der Waals surface area contributed by atoms with E-state index in [2.05, 4.69) is 54.1 Å². The number of piperidine rings is 1. The van der Waals surface area contributed by atoms with Crippen molar-refractivity contribution in [3.05, 3.63) is 51.3 Å². The molecule has 5 nitrogen and oxygen atoms in total. The van der Waals surface area contributed by atoms with Gasteiger partial charge in [-0.2, -0.15) is 5.10 Å². The Morgan fingerprint density at radius 3 is 2.50 bits per heavy atom. The first-order chi connectivity index (χ1) is 13.3. The maximum atomic E-state index is 12.1. The van der Waals surface area contributed by atoms with Crippen molar-refractivity contribution in [2.24, 2.45) is 7.05 Å². The second-order valence-electron chi connectivity index (χ2n) is 8.59. The third-order valence-electron chi connectivity index (χ3n) is 6.13. The highest BCUT2D eigenvalue weighted by atomic mass is 16.1. The number of rotatable bonds is 3. The van der Waals surface area contributed by atoms with Gasteiger partial charge in [-0.25, -0.2) is 4.68 Å². The number of aryl methyl sites for hydroxylation is 2. The van der Waals surface area contributed by atoms with Crippen LogP contribution in [0.15, 0.2) is 29.1 Å². The number of benzene rings is 1. The number of aromatic nitrogens is 3. The van der Waals surface area contributed by atoms with Gasteiger partial charge in [0.1, 0.15) is 5.69 Å². The monoisotopic (exact) mass is 378 g/mol. The summed E-state index contributed by atoms with van der Waals surface area (Å²) in [6, 6.07) is 8.78. The Hall–Kier alpha value is -2.40. The van der Waals surface area contributed by atoms with E-state index < -0.39 is 0 Å². The molecule has 1 aliphatic rings. The van der Waals surface area contributed by atoms with E-state index in [9.17, 15) is 4.79 Å². The van der Waals surface area contributed by atoms with Crippen LogP contribution in [-0.4, -0.2) is 39.8 Å². The van der Waals surface area contributed by atoms with Crippen molar-refractivity contribution in [1.82, 2.24) is 19.7 Å². The summed E-state index contributed by atoms with van der Waals surface area (Å²) in [5.41, 5.74) is 6.41. The minimum absolute atomic E-state index is 0.0458. The van der Waals surface area contributed by atoms with E-state index >= 15 is 0 Å². The molecule has 1 aliphatic heterocycles. The summed E-state index contributed by atoms with van der Waals surface area (Å²) < 4.78 is 1.43. The van der Waals surface area contributed by atoms with Gasteiger partial charge in [0.2, 0.25) is 0 Å². The first-order valence-corrected chi connectivity index (χ1v) is 10.2. The molecule has 0 unspecified atom stereocenters. The van der Waals surface area contributed by atoms with Crippen molar-refractivity contribution in [3.63, 3.8) is 0 Å². The lowest BCUT2D eigenvalue weighted by Gasteiger charge is -2.29. The number of H-pyrrole nitrogens is 1. The molecule has 0 amide bonds. The van der Waals surface area contributed by atoms with Gasteiger partial charge in [-0.3, -0.25) is 4.79 Å². The fraction of sp³-hybridized carbons (Fsp3) is 0.478. The number of hydrogen-bond donors (Lipinski definition) is 1. The van der Waals surface area contributed by atoms with Crippen molar-refractivity contribution in [3.8, 4) is 11.4 Å². The Morgan fingerprint density at radius 2 is 1.86 bits per heavy atom. The van der Waals surface area contributed by atoms with Crippen LogP contribution in [0.5, 0.6) is 0 Å². The molecule has 0 radical (unpaired) electrons. The van der Waals surface area contributed by atoms with Crippen LogP contribution in [0.2, 0.25) is 0 Å². The van der Waals surface area contributed by atoms with Crippen LogP contribution in [0, 0.1) is 6.92 Å². The molecule has 3 heterocycles. The Labute approximate surface area is 166 Å². The maximum Gasteiger partial charge on any atom is 0.269 e. The molecule has 28 heavy (non-hydrogen) atoms. The van der Waals surface area contributed by atoms with Crippen LogP contribution in [0.25, 0.3) is 22.3 Å². The van der Waals surface area contributed by atoms with Crippen molar-refractivity contribution in [1.29, 1.82) is 0 Å². The van der Waals surface area contributed by atoms with Crippen molar-refractivity contribution < 1.29 is 0 Å². The van der Waals surface area contributed by atoms with Gasteiger partial charge in [-0.15, -0.1) is 0 Å². The molecule has 1 N–H and O–H groups in total. The predicted molar refractivity (Wildman–Crippen MR) is 115 cm³/mol. The zero-order valence-corrected chi connectivity index (χ0v) is 17.5. The molecule has 3 aromatic rings. The van der Waals surface area contributed by atoms with E-state index in [1.54, 1.807) is 7.05 Å². The summed E-state index contributed by atoms with van der Waals surface area (Å²) in [4.78, 5) is 18.1. The highest BCUT2D eigenvalue weighted by molar-refractivity contribution is 5.91. The molecule has 0 aliphatic carbocycles.